The molecule has 0 aliphatic heterocycles. The Kier molecular flexibility index (Phi) is 4.67. The molecule has 0 bridgehead atoms. The van der Waals surface area contributed by atoms with Crippen LogP contribution >= 0.6 is 0 Å². The minimum atomic E-state index is -0.445. The predicted octanol–water partition coefficient (Wildman–Crippen LogP) is 1.35. The zero-order valence-corrected chi connectivity index (χ0v) is 11.3. The molecule has 0 heterocycles. The Bertz CT molecular complexity index is 423. The van der Waals surface area contributed by atoms with Gasteiger partial charge in [0.15, 0.2) is 0 Å². The van der Waals surface area contributed by atoms with E-state index in [-0.39, 0.29) is 11.5 Å². The summed E-state index contributed by atoms with van der Waals surface area (Å²) < 4.78 is 13.5. The average Bonchev–Trinajstić information content (AvgIpc) is 2.31. The number of hydrogen-bond donors (Lipinski definition) is 1. The fourth-order valence-electron chi connectivity index (χ4n) is 1.50. The molecule has 0 radical (unpaired) electrons. The largest absolute Gasteiger partial charge is 0.398 e. The van der Waals surface area contributed by atoms with E-state index < -0.39 is 5.82 Å². The summed E-state index contributed by atoms with van der Waals surface area (Å²) in [5.74, 6) is -0.665. The van der Waals surface area contributed by atoms with Gasteiger partial charge in [-0.15, -0.1) is 0 Å². The van der Waals surface area contributed by atoms with Gasteiger partial charge in [-0.25, -0.2) is 4.39 Å². The summed E-state index contributed by atoms with van der Waals surface area (Å²) in [5, 5.41) is 0. The van der Waals surface area contributed by atoms with Crippen LogP contribution in [0.25, 0.3) is 0 Å². The first-order chi connectivity index (χ1) is 8.32. The van der Waals surface area contributed by atoms with E-state index in [1.165, 1.54) is 12.1 Å². The molecule has 0 fully saturated rings. The standard InChI is InChI=1S/C13H20FN3O/c1-9-11(14)7-10(8-12(9)15)13(18)17(4)6-5-16(2)3/h7-8H,5-6,15H2,1-4H3. The molecule has 0 aliphatic carbocycles. The fraction of sp³-hybridized carbons (Fsp3) is 0.462. The van der Waals surface area contributed by atoms with Gasteiger partial charge in [0.1, 0.15) is 5.82 Å². The van der Waals surface area contributed by atoms with Crippen LogP contribution in [0.2, 0.25) is 0 Å². The average molecular weight is 253 g/mol. The number of rotatable bonds is 4. The molecule has 2 N–H and O–H groups in total. The third kappa shape index (κ3) is 3.43. The topological polar surface area (TPSA) is 49.6 Å². The number of likely N-dealkylation sites (N-methyl/N-ethyl adjacent to an activating group) is 2. The lowest BCUT2D eigenvalue weighted by molar-refractivity contribution is 0.0786. The second-order valence-corrected chi connectivity index (χ2v) is 4.70. The molecule has 0 saturated heterocycles. The van der Waals surface area contributed by atoms with E-state index in [1.807, 2.05) is 19.0 Å². The highest BCUT2D eigenvalue weighted by Crippen LogP contribution is 2.18. The summed E-state index contributed by atoms with van der Waals surface area (Å²) in [6, 6.07) is 2.76. The first-order valence-electron chi connectivity index (χ1n) is 5.78. The molecule has 1 rings (SSSR count). The Morgan fingerprint density at radius 3 is 2.39 bits per heavy atom. The molecule has 100 valence electrons. The van der Waals surface area contributed by atoms with E-state index in [0.717, 1.165) is 6.54 Å². The number of carbonyl (C=O) groups excluding carboxylic acids is 1. The lowest BCUT2D eigenvalue weighted by Crippen LogP contribution is -2.33. The second kappa shape index (κ2) is 5.82. The molecule has 0 atom stereocenters. The monoisotopic (exact) mass is 253 g/mol. The summed E-state index contributed by atoms with van der Waals surface area (Å²) >= 11 is 0. The Hall–Kier alpha value is -1.62. The highest BCUT2D eigenvalue weighted by atomic mass is 19.1. The van der Waals surface area contributed by atoms with Crippen LogP contribution in [0, 0.1) is 12.7 Å². The van der Waals surface area contributed by atoms with Crippen LogP contribution in [0.4, 0.5) is 10.1 Å². The van der Waals surface area contributed by atoms with Crippen LogP contribution < -0.4 is 5.73 Å². The molecule has 1 aromatic rings. The van der Waals surface area contributed by atoms with Crippen molar-refractivity contribution in [2.45, 2.75) is 6.92 Å². The summed E-state index contributed by atoms with van der Waals surface area (Å²) in [6.45, 7) is 2.93. The van der Waals surface area contributed by atoms with Crippen molar-refractivity contribution in [3.05, 3.63) is 29.1 Å². The normalized spacial score (nSPS) is 10.8. The van der Waals surface area contributed by atoms with Gasteiger partial charge in [-0.3, -0.25) is 4.79 Å². The van der Waals surface area contributed by atoms with E-state index in [4.69, 9.17) is 5.73 Å². The van der Waals surface area contributed by atoms with Gasteiger partial charge in [0.05, 0.1) is 0 Å². The maximum atomic E-state index is 13.5. The molecule has 0 spiro atoms. The van der Waals surface area contributed by atoms with E-state index in [2.05, 4.69) is 0 Å². The van der Waals surface area contributed by atoms with Gasteiger partial charge >= 0.3 is 0 Å². The van der Waals surface area contributed by atoms with E-state index >= 15 is 0 Å². The van der Waals surface area contributed by atoms with Crippen molar-refractivity contribution >= 4 is 11.6 Å². The maximum Gasteiger partial charge on any atom is 0.253 e. The van der Waals surface area contributed by atoms with E-state index in [1.54, 1.807) is 18.9 Å². The molecular weight excluding hydrogens is 233 g/mol. The molecule has 1 aromatic carbocycles. The predicted molar refractivity (Wildman–Crippen MR) is 71.1 cm³/mol. The number of amides is 1. The van der Waals surface area contributed by atoms with Gasteiger partial charge in [-0.2, -0.15) is 0 Å². The molecule has 5 heteroatoms. The molecule has 0 aliphatic rings. The number of hydrogen-bond acceptors (Lipinski definition) is 3. The molecule has 0 saturated carbocycles. The quantitative estimate of drug-likeness (QED) is 0.824. The molecule has 1 amide bonds. The first-order valence-corrected chi connectivity index (χ1v) is 5.78. The van der Waals surface area contributed by atoms with Crippen molar-refractivity contribution in [3.8, 4) is 0 Å². The maximum absolute atomic E-state index is 13.5. The minimum Gasteiger partial charge on any atom is -0.398 e. The third-order valence-corrected chi connectivity index (χ3v) is 2.86. The van der Waals surface area contributed by atoms with Crippen LogP contribution in [0.1, 0.15) is 15.9 Å². The summed E-state index contributed by atoms with van der Waals surface area (Å²) in [6.07, 6.45) is 0. The highest BCUT2D eigenvalue weighted by Gasteiger charge is 2.15. The number of halogens is 1. The molecular formula is C13H20FN3O. The minimum absolute atomic E-state index is 0.220. The number of nitrogen functional groups attached to an aromatic ring is 1. The SMILES string of the molecule is Cc1c(N)cc(C(=O)N(C)CCN(C)C)cc1F. The third-order valence-electron chi connectivity index (χ3n) is 2.86. The van der Waals surface area contributed by atoms with Gasteiger partial charge < -0.3 is 15.5 Å². The van der Waals surface area contributed by atoms with Crippen LogP contribution in [0.3, 0.4) is 0 Å². The Morgan fingerprint density at radius 2 is 1.89 bits per heavy atom. The summed E-state index contributed by atoms with van der Waals surface area (Å²) in [4.78, 5) is 15.6. The molecule has 18 heavy (non-hydrogen) atoms. The van der Waals surface area contributed by atoms with Crippen molar-refractivity contribution in [1.82, 2.24) is 9.80 Å². The molecule has 0 aromatic heterocycles. The summed E-state index contributed by atoms with van der Waals surface area (Å²) in [7, 11) is 5.56. The van der Waals surface area contributed by atoms with Crippen LogP contribution in [0.5, 0.6) is 0 Å². The lowest BCUT2D eigenvalue weighted by Gasteiger charge is -2.20. The van der Waals surface area contributed by atoms with Crippen molar-refractivity contribution in [2.24, 2.45) is 0 Å². The van der Waals surface area contributed by atoms with Crippen molar-refractivity contribution in [2.75, 3.05) is 40.0 Å². The fourth-order valence-corrected chi connectivity index (χ4v) is 1.50. The lowest BCUT2D eigenvalue weighted by atomic mass is 10.1. The number of anilines is 1. The zero-order valence-electron chi connectivity index (χ0n) is 11.3. The number of nitrogens with two attached hydrogens (primary N) is 1. The molecule has 4 nitrogen and oxygen atoms in total. The van der Waals surface area contributed by atoms with Gasteiger partial charge in [0.2, 0.25) is 0 Å². The van der Waals surface area contributed by atoms with Gasteiger partial charge in [0.25, 0.3) is 5.91 Å². The zero-order chi connectivity index (χ0) is 13.9. The van der Waals surface area contributed by atoms with Gasteiger partial charge in [-0.05, 0) is 33.2 Å². The highest BCUT2D eigenvalue weighted by molar-refractivity contribution is 5.95. The van der Waals surface area contributed by atoms with Crippen molar-refractivity contribution < 1.29 is 9.18 Å². The Morgan fingerprint density at radius 1 is 1.28 bits per heavy atom. The number of benzene rings is 1. The summed E-state index contributed by atoms with van der Waals surface area (Å²) in [5.41, 5.74) is 6.63. The van der Waals surface area contributed by atoms with Crippen LogP contribution in [-0.4, -0.2) is 49.9 Å². The second-order valence-electron chi connectivity index (χ2n) is 4.70. The Balaban J connectivity index is 2.84. The van der Waals surface area contributed by atoms with E-state index in [0.29, 0.717) is 17.8 Å². The Labute approximate surface area is 107 Å². The first kappa shape index (κ1) is 14.4. The van der Waals surface area contributed by atoms with Crippen molar-refractivity contribution in [3.63, 3.8) is 0 Å². The van der Waals surface area contributed by atoms with E-state index in [9.17, 15) is 9.18 Å². The number of carbonyl (C=O) groups is 1. The van der Waals surface area contributed by atoms with Crippen molar-refractivity contribution in [1.29, 1.82) is 0 Å². The van der Waals surface area contributed by atoms with Crippen LogP contribution in [0.15, 0.2) is 12.1 Å². The molecule has 0 unspecified atom stereocenters. The van der Waals surface area contributed by atoms with Gasteiger partial charge in [0, 0.05) is 37.0 Å². The smallest absolute Gasteiger partial charge is 0.253 e. The van der Waals surface area contributed by atoms with Gasteiger partial charge in [-0.1, -0.05) is 0 Å². The number of nitrogens with zero attached hydrogens (tertiary/aromatic N) is 2. The van der Waals surface area contributed by atoms with Crippen LogP contribution in [-0.2, 0) is 0 Å².